The third kappa shape index (κ3) is 4.63. The van der Waals surface area contributed by atoms with E-state index >= 15 is 0 Å². The minimum Gasteiger partial charge on any atom is -0.342 e. The fourth-order valence-corrected chi connectivity index (χ4v) is 2.91. The molecule has 2 rings (SSSR count). The van der Waals surface area contributed by atoms with Crippen LogP contribution >= 0.6 is 0 Å². The molecule has 1 atom stereocenters. The van der Waals surface area contributed by atoms with Crippen LogP contribution in [-0.2, 0) is 4.79 Å². The summed E-state index contributed by atoms with van der Waals surface area (Å²) >= 11 is 0. The lowest BCUT2D eigenvalue weighted by molar-refractivity contribution is -0.132. The van der Waals surface area contributed by atoms with E-state index in [0.29, 0.717) is 11.5 Å². The molecule has 5 heteroatoms. The number of amides is 1. The Labute approximate surface area is 130 Å². The molecule has 1 unspecified atom stereocenters. The van der Waals surface area contributed by atoms with Crippen LogP contribution in [0.1, 0.15) is 36.0 Å². The summed E-state index contributed by atoms with van der Waals surface area (Å²) in [5.74, 6) is 0.0559. The van der Waals surface area contributed by atoms with Crippen LogP contribution in [0.25, 0.3) is 0 Å². The molecule has 1 saturated heterocycles. The fraction of sp³-hybridized carbons (Fsp3) is 0.529. The minimum absolute atomic E-state index is 0.0382. The largest absolute Gasteiger partial charge is 0.342 e. The minimum atomic E-state index is -0.364. The summed E-state index contributed by atoms with van der Waals surface area (Å²) in [5, 5.41) is 3.15. The summed E-state index contributed by atoms with van der Waals surface area (Å²) in [7, 11) is 1.92. The van der Waals surface area contributed by atoms with E-state index in [4.69, 9.17) is 0 Å². The van der Waals surface area contributed by atoms with Gasteiger partial charge in [-0.2, -0.15) is 0 Å². The molecular formula is C17H23FN2O2. The molecule has 0 aliphatic carbocycles. The van der Waals surface area contributed by atoms with Crippen LogP contribution < -0.4 is 5.32 Å². The van der Waals surface area contributed by atoms with Crippen LogP contribution in [0.3, 0.4) is 0 Å². The molecule has 0 bridgehead atoms. The van der Waals surface area contributed by atoms with Crippen molar-refractivity contribution in [3.05, 3.63) is 35.6 Å². The van der Waals surface area contributed by atoms with E-state index in [9.17, 15) is 14.0 Å². The van der Waals surface area contributed by atoms with Gasteiger partial charge in [0, 0.05) is 31.5 Å². The second kappa shape index (κ2) is 8.03. The van der Waals surface area contributed by atoms with Gasteiger partial charge < -0.3 is 10.2 Å². The number of carbonyl (C=O) groups is 2. The van der Waals surface area contributed by atoms with Crippen molar-refractivity contribution in [1.82, 2.24) is 10.2 Å². The summed E-state index contributed by atoms with van der Waals surface area (Å²) in [6.07, 6.45) is 2.56. The van der Waals surface area contributed by atoms with Gasteiger partial charge in [-0.05, 0) is 56.6 Å². The maximum absolute atomic E-state index is 12.8. The molecule has 0 spiro atoms. The Kier molecular flexibility index (Phi) is 6.07. The van der Waals surface area contributed by atoms with Crippen molar-refractivity contribution >= 4 is 11.7 Å². The van der Waals surface area contributed by atoms with Crippen molar-refractivity contribution in [2.75, 3.05) is 26.7 Å². The number of nitrogens with one attached hydrogen (secondary N) is 1. The number of rotatable bonds is 6. The number of carbonyl (C=O) groups excluding carboxylic acids is 2. The van der Waals surface area contributed by atoms with Crippen molar-refractivity contribution < 1.29 is 14.0 Å². The number of hydrogen-bond acceptors (Lipinski definition) is 3. The molecule has 0 saturated carbocycles. The number of nitrogens with zero attached hydrogens (tertiary/aromatic N) is 1. The number of likely N-dealkylation sites (tertiary alicyclic amines) is 1. The summed E-state index contributed by atoms with van der Waals surface area (Å²) < 4.78 is 12.8. The van der Waals surface area contributed by atoms with Crippen molar-refractivity contribution in [2.45, 2.75) is 25.7 Å². The Hall–Kier alpha value is -1.75. The first-order valence-corrected chi connectivity index (χ1v) is 7.81. The fourth-order valence-electron chi connectivity index (χ4n) is 2.91. The Bertz CT molecular complexity index is 514. The highest BCUT2D eigenvalue weighted by Gasteiger charge is 2.23. The molecule has 1 fully saturated rings. The number of piperidine rings is 1. The summed E-state index contributed by atoms with van der Waals surface area (Å²) in [4.78, 5) is 26.1. The zero-order valence-electron chi connectivity index (χ0n) is 13.0. The normalized spacial score (nSPS) is 18.3. The number of hydrogen-bond donors (Lipinski definition) is 1. The van der Waals surface area contributed by atoms with E-state index in [1.807, 2.05) is 11.9 Å². The molecule has 0 radical (unpaired) electrons. The van der Waals surface area contributed by atoms with Gasteiger partial charge in [0.1, 0.15) is 5.82 Å². The number of Topliss-reactive ketones (excluding diaryl/α,β-unsaturated/α-hetero) is 1. The van der Waals surface area contributed by atoms with E-state index in [-0.39, 0.29) is 30.3 Å². The maximum atomic E-state index is 12.8. The van der Waals surface area contributed by atoms with Crippen molar-refractivity contribution in [3.63, 3.8) is 0 Å². The summed E-state index contributed by atoms with van der Waals surface area (Å²) in [6.45, 7) is 2.46. The smallest absolute Gasteiger partial charge is 0.223 e. The molecule has 1 aromatic carbocycles. The third-order valence-electron chi connectivity index (χ3n) is 4.10. The predicted molar refractivity (Wildman–Crippen MR) is 83.2 cm³/mol. The monoisotopic (exact) mass is 306 g/mol. The maximum Gasteiger partial charge on any atom is 0.223 e. The second-order valence-corrected chi connectivity index (χ2v) is 5.84. The molecule has 4 nitrogen and oxygen atoms in total. The van der Waals surface area contributed by atoms with Crippen LogP contribution in [0.15, 0.2) is 24.3 Å². The lowest BCUT2D eigenvalue weighted by Gasteiger charge is -2.32. The van der Waals surface area contributed by atoms with E-state index in [1.54, 1.807) is 0 Å². The van der Waals surface area contributed by atoms with Gasteiger partial charge in [-0.15, -0.1) is 0 Å². The Balaban J connectivity index is 1.81. The molecular weight excluding hydrogens is 283 g/mol. The van der Waals surface area contributed by atoms with Gasteiger partial charge in [0.15, 0.2) is 5.78 Å². The molecule has 120 valence electrons. The highest BCUT2D eigenvalue weighted by atomic mass is 19.1. The molecule has 1 amide bonds. The van der Waals surface area contributed by atoms with Gasteiger partial charge in [-0.3, -0.25) is 9.59 Å². The standard InChI is InChI=1S/C17H23FN2O2/c1-19-11-13-3-2-10-20(12-13)17(22)9-8-16(21)14-4-6-15(18)7-5-14/h4-7,13,19H,2-3,8-12H2,1H3. The zero-order valence-corrected chi connectivity index (χ0v) is 13.0. The topological polar surface area (TPSA) is 49.4 Å². The number of ketones is 1. The highest BCUT2D eigenvalue weighted by Crippen LogP contribution is 2.17. The van der Waals surface area contributed by atoms with E-state index in [1.165, 1.54) is 24.3 Å². The highest BCUT2D eigenvalue weighted by molar-refractivity contribution is 5.97. The van der Waals surface area contributed by atoms with Gasteiger partial charge in [0.05, 0.1) is 0 Å². The summed E-state index contributed by atoms with van der Waals surface area (Å²) in [5.41, 5.74) is 0.459. The van der Waals surface area contributed by atoms with Gasteiger partial charge >= 0.3 is 0 Å². The van der Waals surface area contributed by atoms with Crippen LogP contribution in [0, 0.1) is 11.7 Å². The SMILES string of the molecule is CNCC1CCCN(C(=O)CCC(=O)c2ccc(F)cc2)C1. The first kappa shape index (κ1) is 16.6. The molecule has 1 N–H and O–H groups in total. The van der Waals surface area contributed by atoms with Gasteiger partial charge in [0.25, 0.3) is 0 Å². The third-order valence-corrected chi connectivity index (χ3v) is 4.10. The van der Waals surface area contributed by atoms with E-state index in [2.05, 4.69) is 5.32 Å². The Morgan fingerprint density at radius 2 is 2.00 bits per heavy atom. The number of halogens is 1. The molecule has 22 heavy (non-hydrogen) atoms. The molecule has 1 aliphatic rings. The van der Waals surface area contributed by atoms with Gasteiger partial charge in [-0.25, -0.2) is 4.39 Å². The van der Waals surface area contributed by atoms with Crippen LogP contribution in [-0.4, -0.2) is 43.3 Å². The Morgan fingerprint density at radius 1 is 1.27 bits per heavy atom. The first-order valence-electron chi connectivity index (χ1n) is 7.81. The first-order chi connectivity index (χ1) is 10.6. The molecule has 1 aliphatic heterocycles. The molecule has 1 heterocycles. The average molecular weight is 306 g/mol. The summed E-state index contributed by atoms with van der Waals surface area (Å²) in [6, 6.07) is 5.46. The Morgan fingerprint density at radius 3 is 2.68 bits per heavy atom. The van der Waals surface area contributed by atoms with E-state index < -0.39 is 0 Å². The van der Waals surface area contributed by atoms with Crippen molar-refractivity contribution in [2.24, 2.45) is 5.92 Å². The molecule has 0 aromatic heterocycles. The lowest BCUT2D eigenvalue weighted by atomic mass is 9.97. The van der Waals surface area contributed by atoms with Crippen molar-refractivity contribution in [1.29, 1.82) is 0 Å². The number of benzene rings is 1. The predicted octanol–water partition coefficient (Wildman–Crippen LogP) is 2.25. The van der Waals surface area contributed by atoms with Gasteiger partial charge in [0.2, 0.25) is 5.91 Å². The van der Waals surface area contributed by atoms with Crippen molar-refractivity contribution in [3.8, 4) is 0 Å². The zero-order chi connectivity index (χ0) is 15.9. The lowest BCUT2D eigenvalue weighted by Crippen LogP contribution is -2.42. The average Bonchev–Trinajstić information content (AvgIpc) is 2.53. The second-order valence-electron chi connectivity index (χ2n) is 5.84. The van der Waals surface area contributed by atoms with Crippen LogP contribution in [0.5, 0.6) is 0 Å². The quantitative estimate of drug-likeness (QED) is 0.820. The van der Waals surface area contributed by atoms with E-state index in [0.717, 1.165) is 32.5 Å². The van der Waals surface area contributed by atoms with Crippen LogP contribution in [0.4, 0.5) is 4.39 Å². The van der Waals surface area contributed by atoms with Gasteiger partial charge in [-0.1, -0.05) is 0 Å². The molecule has 1 aromatic rings. The van der Waals surface area contributed by atoms with Crippen LogP contribution in [0.2, 0.25) is 0 Å².